The van der Waals surface area contributed by atoms with Gasteiger partial charge in [0.2, 0.25) is 0 Å². The SMILES string of the molecule is CO[C@H]1CC[C@]2(C)[C@H]3C[C@@H](OC)[C@@H]4[C@@H]([C@@](C)(CCCC(C)(C)OC)OC)CC[C@@]4(C)[C@]3(C)CC[C@H]2C1(C)C. The van der Waals surface area contributed by atoms with E-state index in [2.05, 4.69) is 55.4 Å². The molecule has 0 unspecified atom stereocenters. The Kier molecular flexibility index (Phi) is 8.33. The molecule has 0 radical (unpaired) electrons. The minimum absolute atomic E-state index is 0.0802. The van der Waals surface area contributed by atoms with Crippen LogP contribution in [0.1, 0.15) is 120 Å². The molecule has 0 amide bonds. The molecule has 0 aliphatic heterocycles. The Morgan fingerprint density at radius 1 is 0.711 bits per heavy atom. The molecule has 0 aromatic rings. The van der Waals surface area contributed by atoms with Gasteiger partial charge in [-0.05, 0) is 130 Å². The highest BCUT2D eigenvalue weighted by atomic mass is 16.5. The molecule has 4 saturated carbocycles. The van der Waals surface area contributed by atoms with Crippen LogP contribution >= 0.6 is 0 Å². The van der Waals surface area contributed by atoms with Gasteiger partial charge in [0, 0.05) is 28.4 Å². The Morgan fingerprint density at radius 2 is 1.37 bits per heavy atom. The predicted octanol–water partition coefficient (Wildman–Crippen LogP) is 8.31. The summed E-state index contributed by atoms with van der Waals surface area (Å²) in [5.41, 5.74) is 0.935. The van der Waals surface area contributed by atoms with Crippen molar-refractivity contribution in [2.45, 2.75) is 143 Å². The molecule has 4 aliphatic rings. The van der Waals surface area contributed by atoms with Crippen LogP contribution < -0.4 is 0 Å². The van der Waals surface area contributed by atoms with Crippen molar-refractivity contribution in [1.29, 1.82) is 0 Å². The van der Waals surface area contributed by atoms with Crippen LogP contribution in [0, 0.1) is 45.3 Å². The average Bonchev–Trinajstić information content (AvgIpc) is 3.23. The summed E-state index contributed by atoms with van der Waals surface area (Å²) in [6.07, 6.45) is 12.8. The van der Waals surface area contributed by atoms with Gasteiger partial charge in [-0.2, -0.15) is 0 Å². The molecule has 4 nitrogen and oxygen atoms in total. The smallest absolute Gasteiger partial charge is 0.0682 e. The van der Waals surface area contributed by atoms with Gasteiger partial charge in [0.05, 0.1) is 23.4 Å². The number of methoxy groups -OCH3 is 4. The number of fused-ring (bicyclic) bond motifs is 5. The molecule has 4 heteroatoms. The molecule has 0 N–H and O–H groups in total. The van der Waals surface area contributed by atoms with Crippen molar-refractivity contribution in [3.8, 4) is 0 Å². The second-order valence-corrected chi connectivity index (χ2v) is 16.1. The third-order valence-electron chi connectivity index (χ3n) is 14.1. The molecule has 4 aliphatic carbocycles. The van der Waals surface area contributed by atoms with E-state index >= 15 is 0 Å². The van der Waals surface area contributed by atoms with Crippen molar-refractivity contribution in [1.82, 2.24) is 0 Å². The van der Waals surface area contributed by atoms with Crippen LogP contribution in [0.5, 0.6) is 0 Å². The summed E-state index contributed by atoms with van der Waals surface area (Å²) in [7, 11) is 7.70. The molecular formula is C34H62O4. The molecule has 38 heavy (non-hydrogen) atoms. The topological polar surface area (TPSA) is 36.9 Å². The van der Waals surface area contributed by atoms with Gasteiger partial charge in [-0.25, -0.2) is 0 Å². The van der Waals surface area contributed by atoms with Crippen molar-refractivity contribution in [3.63, 3.8) is 0 Å². The highest BCUT2D eigenvalue weighted by Gasteiger charge is 2.71. The van der Waals surface area contributed by atoms with Crippen LogP contribution in [0.25, 0.3) is 0 Å². The van der Waals surface area contributed by atoms with Gasteiger partial charge >= 0.3 is 0 Å². The van der Waals surface area contributed by atoms with E-state index in [1.54, 1.807) is 0 Å². The average molecular weight is 535 g/mol. The largest absolute Gasteiger partial charge is 0.381 e. The van der Waals surface area contributed by atoms with E-state index in [4.69, 9.17) is 18.9 Å². The van der Waals surface area contributed by atoms with E-state index in [1.165, 1.54) is 44.9 Å². The zero-order valence-corrected chi connectivity index (χ0v) is 27.2. The van der Waals surface area contributed by atoms with Gasteiger partial charge in [-0.3, -0.25) is 0 Å². The third kappa shape index (κ3) is 4.45. The Bertz CT molecular complexity index is 838. The molecule has 0 spiro atoms. The van der Waals surface area contributed by atoms with Crippen molar-refractivity contribution in [2.24, 2.45) is 45.3 Å². The van der Waals surface area contributed by atoms with Crippen LogP contribution in [0.4, 0.5) is 0 Å². The van der Waals surface area contributed by atoms with Crippen molar-refractivity contribution < 1.29 is 18.9 Å². The lowest BCUT2D eigenvalue weighted by Gasteiger charge is -2.71. The van der Waals surface area contributed by atoms with Crippen LogP contribution in [-0.2, 0) is 18.9 Å². The summed E-state index contributed by atoms with van der Waals surface area (Å²) in [5, 5.41) is 0. The highest BCUT2D eigenvalue weighted by molar-refractivity contribution is 5.20. The Balaban J connectivity index is 1.66. The van der Waals surface area contributed by atoms with Crippen LogP contribution in [0.15, 0.2) is 0 Å². The Labute approximate surface area is 235 Å². The normalized spacial score (nSPS) is 46.1. The molecule has 0 saturated heterocycles. The molecule has 4 fully saturated rings. The van der Waals surface area contributed by atoms with Gasteiger partial charge < -0.3 is 18.9 Å². The fourth-order valence-electron chi connectivity index (χ4n) is 11.5. The van der Waals surface area contributed by atoms with Gasteiger partial charge in [-0.15, -0.1) is 0 Å². The molecule has 0 bridgehead atoms. The van der Waals surface area contributed by atoms with E-state index in [0.29, 0.717) is 46.7 Å². The van der Waals surface area contributed by atoms with E-state index < -0.39 is 0 Å². The molecule has 4 rings (SSSR count). The number of ether oxygens (including phenoxy) is 4. The van der Waals surface area contributed by atoms with Crippen molar-refractivity contribution in [3.05, 3.63) is 0 Å². The summed E-state index contributed by atoms with van der Waals surface area (Å²) in [6, 6.07) is 0. The predicted molar refractivity (Wildman–Crippen MR) is 156 cm³/mol. The van der Waals surface area contributed by atoms with E-state index in [0.717, 1.165) is 19.3 Å². The monoisotopic (exact) mass is 534 g/mol. The lowest BCUT2D eigenvalue weighted by molar-refractivity contribution is -0.252. The van der Waals surface area contributed by atoms with Gasteiger partial charge in [0.1, 0.15) is 0 Å². The minimum atomic E-state index is -0.133. The molecular weight excluding hydrogens is 472 g/mol. The first-order valence-electron chi connectivity index (χ1n) is 15.8. The molecule has 0 aromatic carbocycles. The van der Waals surface area contributed by atoms with Crippen LogP contribution in [0.3, 0.4) is 0 Å². The van der Waals surface area contributed by atoms with Crippen LogP contribution in [-0.4, -0.2) is 51.8 Å². The van der Waals surface area contributed by atoms with E-state index in [-0.39, 0.29) is 22.0 Å². The lowest BCUT2D eigenvalue weighted by Crippen LogP contribution is -2.67. The second kappa shape index (κ2) is 10.3. The number of hydrogen-bond acceptors (Lipinski definition) is 4. The number of hydrogen-bond donors (Lipinski definition) is 0. The van der Waals surface area contributed by atoms with Gasteiger partial charge in [-0.1, -0.05) is 34.6 Å². The fraction of sp³-hybridized carbons (Fsp3) is 1.00. The van der Waals surface area contributed by atoms with Crippen molar-refractivity contribution >= 4 is 0 Å². The molecule has 10 atom stereocenters. The zero-order valence-electron chi connectivity index (χ0n) is 27.2. The molecule has 0 aromatic heterocycles. The lowest BCUT2D eigenvalue weighted by atomic mass is 9.35. The maximum absolute atomic E-state index is 6.53. The summed E-state index contributed by atoms with van der Waals surface area (Å²) in [6.45, 7) is 19.8. The Morgan fingerprint density at radius 3 is 1.95 bits per heavy atom. The number of rotatable bonds is 9. The summed E-state index contributed by atoms with van der Waals surface area (Å²) >= 11 is 0. The van der Waals surface area contributed by atoms with Gasteiger partial charge in [0.15, 0.2) is 0 Å². The maximum Gasteiger partial charge on any atom is 0.0682 e. The van der Waals surface area contributed by atoms with Crippen LogP contribution in [0.2, 0.25) is 0 Å². The highest BCUT2D eigenvalue weighted by Crippen LogP contribution is 2.76. The summed E-state index contributed by atoms with van der Waals surface area (Å²) in [4.78, 5) is 0. The summed E-state index contributed by atoms with van der Waals surface area (Å²) in [5.74, 6) is 2.46. The third-order valence-corrected chi connectivity index (χ3v) is 14.1. The van der Waals surface area contributed by atoms with Gasteiger partial charge in [0.25, 0.3) is 0 Å². The van der Waals surface area contributed by atoms with Crippen molar-refractivity contribution in [2.75, 3.05) is 28.4 Å². The van der Waals surface area contributed by atoms with E-state index in [1.807, 2.05) is 28.4 Å². The summed E-state index contributed by atoms with van der Waals surface area (Å²) < 4.78 is 24.8. The first kappa shape index (κ1) is 30.8. The zero-order chi connectivity index (χ0) is 28.4. The maximum atomic E-state index is 6.53. The molecule has 0 heterocycles. The van der Waals surface area contributed by atoms with E-state index in [9.17, 15) is 0 Å². The quantitative estimate of drug-likeness (QED) is 0.298. The first-order valence-corrected chi connectivity index (χ1v) is 15.8. The fourth-order valence-corrected chi connectivity index (χ4v) is 11.5. The first-order chi connectivity index (χ1) is 17.6. The standard InChI is InChI=1S/C34H62O4/c1-29(2,37-11)17-13-18-34(8,38-12)23-14-20-33(7)28(23)24(35-9)22-26-31(5)19-16-27(36-10)30(3,4)25(31)15-21-32(26,33)6/h23-28H,13-22H2,1-12H3/t23-,24+,25-,26+,27-,28-,31-,32+,33+,34+/m0/s1. The molecule has 222 valence electrons. The minimum Gasteiger partial charge on any atom is -0.381 e. The second-order valence-electron chi connectivity index (χ2n) is 16.1. The Hall–Kier alpha value is -0.160.